The number of fused-ring (bicyclic) bond motifs is 1. The number of benzene rings is 2. The van der Waals surface area contributed by atoms with Gasteiger partial charge in [0.05, 0.1) is 5.41 Å². The van der Waals surface area contributed by atoms with Crippen LogP contribution in [0.25, 0.3) is 16.2 Å². The van der Waals surface area contributed by atoms with Crippen molar-refractivity contribution in [3.05, 3.63) is 74.7 Å². The number of nitrogens with one attached hydrogen (secondary N) is 1. The summed E-state index contributed by atoms with van der Waals surface area (Å²) < 4.78 is 26.3. The van der Waals surface area contributed by atoms with Crippen LogP contribution in [-0.4, -0.2) is 25.3 Å². The van der Waals surface area contributed by atoms with Crippen molar-refractivity contribution in [3.8, 4) is 0 Å². The average molecular weight is 599 g/mol. The molecule has 1 heterocycles. The standard InChI is InChI=1S/C25H26BrClNO5PS/c1-25(2,3)24(30)32-15-33-34(4,31)22(20-14-35-21-9-8-18(27)13-19(20)21)23(29)28-11-10-16-6-5-7-17(26)12-16/h5-14,22H,15H2,1-4H3,(H,28,29). The van der Waals surface area contributed by atoms with E-state index in [0.29, 0.717) is 10.6 Å². The van der Waals surface area contributed by atoms with Gasteiger partial charge < -0.3 is 10.1 Å². The molecule has 186 valence electrons. The molecule has 35 heavy (non-hydrogen) atoms. The number of rotatable bonds is 8. The second-order valence-corrected chi connectivity index (χ2v) is 13.8. The van der Waals surface area contributed by atoms with Crippen LogP contribution in [0.5, 0.6) is 0 Å². The van der Waals surface area contributed by atoms with Crippen LogP contribution >= 0.6 is 46.2 Å². The minimum atomic E-state index is -3.66. The van der Waals surface area contributed by atoms with E-state index in [1.807, 2.05) is 30.3 Å². The van der Waals surface area contributed by atoms with Gasteiger partial charge in [0.1, 0.15) is 5.66 Å². The topological polar surface area (TPSA) is 81.7 Å². The molecule has 2 aromatic carbocycles. The number of ether oxygens (including phenoxy) is 1. The summed E-state index contributed by atoms with van der Waals surface area (Å²) in [6.45, 7) is 5.96. The van der Waals surface area contributed by atoms with Crippen LogP contribution < -0.4 is 5.32 Å². The molecule has 0 radical (unpaired) electrons. The molecule has 0 saturated heterocycles. The average Bonchev–Trinajstić information content (AvgIpc) is 3.15. The van der Waals surface area contributed by atoms with Crippen LogP contribution in [0.3, 0.4) is 0 Å². The second kappa shape index (κ2) is 11.4. The van der Waals surface area contributed by atoms with Crippen LogP contribution in [0.15, 0.2) is 58.5 Å². The Morgan fingerprint density at radius 3 is 2.66 bits per heavy atom. The minimum Gasteiger partial charge on any atom is -0.438 e. The lowest BCUT2D eigenvalue weighted by molar-refractivity contribution is -0.159. The van der Waals surface area contributed by atoms with E-state index in [2.05, 4.69) is 21.2 Å². The zero-order valence-corrected chi connectivity index (χ0v) is 23.8. The molecule has 0 fully saturated rings. The van der Waals surface area contributed by atoms with Gasteiger partial charge in [0, 0.05) is 27.1 Å². The molecule has 1 aromatic heterocycles. The fourth-order valence-corrected chi connectivity index (χ4v) is 6.51. The van der Waals surface area contributed by atoms with Gasteiger partial charge in [0.25, 0.3) is 0 Å². The number of hydrogen-bond acceptors (Lipinski definition) is 6. The van der Waals surface area contributed by atoms with Gasteiger partial charge >= 0.3 is 5.97 Å². The predicted molar refractivity (Wildman–Crippen MR) is 146 cm³/mol. The Morgan fingerprint density at radius 2 is 1.97 bits per heavy atom. The van der Waals surface area contributed by atoms with Crippen LogP contribution in [0.1, 0.15) is 37.6 Å². The summed E-state index contributed by atoms with van der Waals surface area (Å²) >= 11 is 11.0. The quantitative estimate of drug-likeness (QED) is 0.164. The lowest BCUT2D eigenvalue weighted by atomic mass is 9.98. The van der Waals surface area contributed by atoms with Gasteiger partial charge in [0.2, 0.25) is 13.3 Å². The van der Waals surface area contributed by atoms with Crippen molar-refractivity contribution in [2.45, 2.75) is 26.4 Å². The number of esters is 1. The lowest BCUT2D eigenvalue weighted by Crippen LogP contribution is -2.27. The van der Waals surface area contributed by atoms with Gasteiger partial charge in [-0.15, -0.1) is 11.3 Å². The van der Waals surface area contributed by atoms with E-state index >= 15 is 0 Å². The zero-order chi connectivity index (χ0) is 25.8. The Bertz CT molecular complexity index is 1320. The molecule has 0 spiro atoms. The third kappa shape index (κ3) is 7.28. The van der Waals surface area contributed by atoms with Crippen molar-refractivity contribution in [3.63, 3.8) is 0 Å². The Labute approximate surface area is 222 Å². The molecule has 0 aliphatic rings. The largest absolute Gasteiger partial charge is 0.438 e. The van der Waals surface area contributed by atoms with Crippen molar-refractivity contribution >= 4 is 74.3 Å². The monoisotopic (exact) mass is 597 g/mol. The highest BCUT2D eigenvalue weighted by Crippen LogP contribution is 2.59. The van der Waals surface area contributed by atoms with E-state index in [1.165, 1.54) is 24.2 Å². The Balaban J connectivity index is 1.89. The highest BCUT2D eigenvalue weighted by atomic mass is 79.9. The van der Waals surface area contributed by atoms with E-state index < -0.39 is 37.1 Å². The molecule has 0 bridgehead atoms. The Morgan fingerprint density at radius 1 is 1.23 bits per heavy atom. The normalized spacial score (nSPS) is 14.6. The van der Waals surface area contributed by atoms with Crippen molar-refractivity contribution in [1.29, 1.82) is 0 Å². The van der Waals surface area contributed by atoms with Crippen molar-refractivity contribution in [2.24, 2.45) is 5.41 Å². The maximum absolute atomic E-state index is 13.8. The number of halogens is 2. The van der Waals surface area contributed by atoms with Crippen molar-refractivity contribution in [1.82, 2.24) is 5.32 Å². The van der Waals surface area contributed by atoms with Crippen LogP contribution in [0.2, 0.25) is 5.02 Å². The molecule has 0 saturated carbocycles. The van der Waals surface area contributed by atoms with Gasteiger partial charge in [-0.05, 0) is 79.1 Å². The fraction of sp³-hybridized carbons (Fsp3) is 0.280. The van der Waals surface area contributed by atoms with E-state index in [-0.39, 0.29) is 0 Å². The third-order valence-electron chi connectivity index (χ3n) is 5.04. The number of amides is 1. The molecular weight excluding hydrogens is 573 g/mol. The molecule has 1 N–H and O–H groups in total. The molecule has 1 amide bonds. The predicted octanol–water partition coefficient (Wildman–Crippen LogP) is 7.62. The number of carbonyl (C=O) groups excluding carboxylic acids is 2. The van der Waals surface area contributed by atoms with Crippen molar-refractivity contribution in [2.75, 3.05) is 13.5 Å². The first-order valence-electron chi connectivity index (χ1n) is 10.7. The highest BCUT2D eigenvalue weighted by Gasteiger charge is 2.39. The summed E-state index contributed by atoms with van der Waals surface area (Å²) in [5.74, 6) is -1.01. The molecule has 3 aromatic rings. The first-order chi connectivity index (χ1) is 16.4. The zero-order valence-electron chi connectivity index (χ0n) is 19.7. The molecule has 6 nitrogen and oxygen atoms in total. The van der Waals surface area contributed by atoms with Gasteiger partial charge in [-0.25, -0.2) is 0 Å². The lowest BCUT2D eigenvalue weighted by Gasteiger charge is -2.24. The summed E-state index contributed by atoms with van der Waals surface area (Å²) in [5, 5.41) is 5.72. The van der Waals surface area contributed by atoms with Gasteiger partial charge in [-0.3, -0.25) is 18.7 Å². The Kier molecular flexibility index (Phi) is 9.00. The first kappa shape index (κ1) is 27.6. The van der Waals surface area contributed by atoms with Gasteiger partial charge in [-0.1, -0.05) is 39.7 Å². The first-order valence-corrected chi connectivity index (χ1v) is 14.9. The molecule has 0 aliphatic heterocycles. The number of thiophene rings is 1. The maximum Gasteiger partial charge on any atom is 0.313 e. The number of hydrogen-bond donors (Lipinski definition) is 1. The maximum atomic E-state index is 13.8. The Hall–Kier alpha value is -1.96. The fourth-order valence-electron chi connectivity index (χ4n) is 3.22. The van der Waals surface area contributed by atoms with Gasteiger partial charge in [-0.2, -0.15) is 0 Å². The van der Waals surface area contributed by atoms with Crippen LogP contribution in [0, 0.1) is 5.41 Å². The smallest absolute Gasteiger partial charge is 0.313 e. The van der Waals surface area contributed by atoms with Crippen LogP contribution in [-0.2, 0) is 23.4 Å². The number of carbonyl (C=O) groups is 2. The molecule has 3 rings (SSSR count). The summed E-state index contributed by atoms with van der Waals surface area (Å²) in [4.78, 5) is 25.5. The minimum absolute atomic E-state index is 0.497. The molecular formula is C25H26BrClNO5PS. The molecule has 2 unspecified atom stereocenters. The van der Waals surface area contributed by atoms with Crippen molar-refractivity contribution < 1.29 is 23.4 Å². The SMILES string of the molecule is CC(C)(C)C(=O)OCOP(C)(=O)C(C(=O)NC=Cc1cccc(Br)c1)c1csc2ccc(Cl)cc12. The van der Waals surface area contributed by atoms with Crippen LogP contribution in [0.4, 0.5) is 0 Å². The molecule has 0 aliphatic carbocycles. The molecule has 10 heteroatoms. The van der Waals surface area contributed by atoms with E-state index in [4.69, 9.17) is 20.9 Å². The summed E-state index contributed by atoms with van der Waals surface area (Å²) in [7, 11) is -3.66. The summed E-state index contributed by atoms with van der Waals surface area (Å²) in [5.41, 5.74) is -0.479. The van der Waals surface area contributed by atoms with E-state index in [0.717, 1.165) is 20.1 Å². The third-order valence-corrected chi connectivity index (χ3v) is 8.82. The molecule has 2 atom stereocenters. The highest BCUT2D eigenvalue weighted by molar-refractivity contribution is 9.10. The summed E-state index contributed by atoms with van der Waals surface area (Å²) in [6.07, 6.45) is 3.23. The summed E-state index contributed by atoms with van der Waals surface area (Å²) in [6, 6.07) is 12.9. The van der Waals surface area contributed by atoms with Gasteiger partial charge in [0.15, 0.2) is 6.79 Å². The van der Waals surface area contributed by atoms with E-state index in [9.17, 15) is 14.2 Å². The second-order valence-electron chi connectivity index (χ2n) is 8.97. The van der Waals surface area contributed by atoms with E-state index in [1.54, 1.807) is 44.4 Å².